The van der Waals surface area contributed by atoms with Gasteiger partial charge in [0, 0.05) is 43.3 Å². The van der Waals surface area contributed by atoms with Gasteiger partial charge in [0.1, 0.15) is 12.4 Å². The van der Waals surface area contributed by atoms with Gasteiger partial charge in [-0.2, -0.15) is 0 Å². The number of aldehydes is 1. The van der Waals surface area contributed by atoms with E-state index in [-0.39, 0.29) is 12.6 Å². The highest BCUT2D eigenvalue weighted by Crippen LogP contribution is 2.32. The summed E-state index contributed by atoms with van der Waals surface area (Å²) in [5.41, 5.74) is 5.57. The van der Waals surface area contributed by atoms with Crippen molar-refractivity contribution in [1.29, 1.82) is 0 Å². The van der Waals surface area contributed by atoms with Crippen LogP contribution in [0.15, 0.2) is 66.7 Å². The maximum Gasteiger partial charge on any atom is 0.323 e. The molecule has 0 saturated carbocycles. The minimum Gasteiger partial charge on any atom is -0.484 e. The van der Waals surface area contributed by atoms with Crippen LogP contribution in [0.3, 0.4) is 0 Å². The molecule has 0 unspecified atom stereocenters. The Balaban J connectivity index is 1.46. The smallest absolute Gasteiger partial charge is 0.323 e. The summed E-state index contributed by atoms with van der Waals surface area (Å²) in [5, 5.41) is 8.99. The number of hydrogen-bond acceptors (Lipinski definition) is 5. The molecule has 1 aliphatic rings. The van der Waals surface area contributed by atoms with Gasteiger partial charge in [-0.3, -0.25) is 4.79 Å². The molecule has 0 radical (unpaired) electrons. The summed E-state index contributed by atoms with van der Waals surface area (Å²) in [6, 6.07) is 21.0. The average molecular weight is 431 g/mol. The molecule has 4 rings (SSSR count). The Labute approximate surface area is 187 Å². The number of ether oxygens (including phenoxy) is 1. The minimum absolute atomic E-state index is 0.0655. The van der Waals surface area contributed by atoms with E-state index in [0.717, 1.165) is 29.9 Å². The molecule has 3 aromatic carbocycles. The number of hydrogen-bond donors (Lipinski definition) is 3. The number of carbonyl (C=O) groups is 2. The van der Waals surface area contributed by atoms with Crippen LogP contribution in [0.4, 0.5) is 27.5 Å². The monoisotopic (exact) mass is 430 g/mol. The highest BCUT2D eigenvalue weighted by atomic mass is 16.5. The Morgan fingerprint density at radius 3 is 2.59 bits per heavy atom. The number of nitrogens with zero attached hydrogens (tertiary/aromatic N) is 1. The van der Waals surface area contributed by atoms with Crippen LogP contribution >= 0.6 is 0 Å². The maximum atomic E-state index is 12.5. The van der Waals surface area contributed by atoms with Crippen molar-refractivity contribution in [2.45, 2.75) is 13.0 Å². The molecule has 7 nitrogen and oxygen atoms in total. The summed E-state index contributed by atoms with van der Waals surface area (Å²) in [6.45, 7) is 1.53. The molecule has 3 aromatic rings. The van der Waals surface area contributed by atoms with Crippen LogP contribution in [0.25, 0.3) is 0 Å². The Kier molecular flexibility index (Phi) is 6.55. The van der Waals surface area contributed by atoms with Gasteiger partial charge in [-0.1, -0.05) is 36.4 Å². The first-order chi connectivity index (χ1) is 15.6. The molecule has 0 spiro atoms. The first-order valence-electron chi connectivity index (χ1n) is 10.5. The Morgan fingerprint density at radius 2 is 1.81 bits per heavy atom. The summed E-state index contributed by atoms with van der Waals surface area (Å²) in [6.07, 6.45) is 1.70. The van der Waals surface area contributed by atoms with E-state index in [1.54, 1.807) is 6.07 Å². The van der Waals surface area contributed by atoms with Crippen LogP contribution in [-0.4, -0.2) is 32.5 Å². The second-order valence-electron chi connectivity index (χ2n) is 7.63. The van der Waals surface area contributed by atoms with Crippen LogP contribution in [-0.2, 0) is 17.8 Å². The average Bonchev–Trinajstić information content (AvgIpc) is 3.26. The lowest BCUT2D eigenvalue weighted by Gasteiger charge is -2.23. The molecule has 0 saturated heterocycles. The lowest BCUT2D eigenvalue weighted by Crippen LogP contribution is -2.20. The first kappa shape index (κ1) is 21.2. The van der Waals surface area contributed by atoms with E-state index in [1.807, 2.05) is 60.5 Å². The van der Waals surface area contributed by atoms with E-state index in [4.69, 9.17) is 4.74 Å². The van der Waals surface area contributed by atoms with Gasteiger partial charge in [-0.15, -0.1) is 0 Å². The third-order valence-electron chi connectivity index (χ3n) is 5.28. The van der Waals surface area contributed by atoms with E-state index < -0.39 is 0 Å². The van der Waals surface area contributed by atoms with Crippen molar-refractivity contribution in [3.05, 3.63) is 77.9 Å². The molecule has 2 amide bonds. The number of fused-ring (bicyclic) bond motifs is 1. The maximum absolute atomic E-state index is 12.5. The first-order valence-corrected chi connectivity index (χ1v) is 10.5. The highest BCUT2D eigenvalue weighted by Gasteiger charge is 2.14. The van der Waals surface area contributed by atoms with Crippen LogP contribution in [0, 0.1) is 0 Å². The summed E-state index contributed by atoms with van der Waals surface area (Å²) in [7, 11) is 1.96. The Hall–Kier alpha value is -4.00. The summed E-state index contributed by atoms with van der Waals surface area (Å²) in [5.74, 6) is 0.523. The third kappa shape index (κ3) is 5.18. The van der Waals surface area contributed by atoms with E-state index in [1.165, 1.54) is 5.56 Å². The molecule has 7 heteroatoms. The van der Waals surface area contributed by atoms with Crippen molar-refractivity contribution >= 4 is 35.1 Å². The van der Waals surface area contributed by atoms with Crippen molar-refractivity contribution in [1.82, 2.24) is 0 Å². The highest BCUT2D eigenvalue weighted by molar-refractivity contribution is 6.00. The molecule has 0 fully saturated rings. The van der Waals surface area contributed by atoms with Crippen molar-refractivity contribution in [2.75, 3.05) is 41.0 Å². The number of carbonyl (C=O) groups excluding carboxylic acids is 2. The molecule has 1 aliphatic heterocycles. The molecule has 0 aromatic heterocycles. The van der Waals surface area contributed by atoms with E-state index in [9.17, 15) is 9.59 Å². The molecule has 3 N–H and O–H groups in total. The number of benzene rings is 3. The lowest BCUT2D eigenvalue weighted by atomic mass is 10.1. The molecule has 0 aliphatic carbocycles. The molecule has 0 atom stereocenters. The second-order valence-corrected chi connectivity index (χ2v) is 7.63. The van der Waals surface area contributed by atoms with Crippen LogP contribution in [0.2, 0.25) is 0 Å². The molecule has 1 heterocycles. The predicted molar refractivity (Wildman–Crippen MR) is 128 cm³/mol. The van der Waals surface area contributed by atoms with Gasteiger partial charge in [0.15, 0.2) is 6.29 Å². The topological polar surface area (TPSA) is 82.7 Å². The van der Waals surface area contributed by atoms with Gasteiger partial charge >= 0.3 is 6.03 Å². The van der Waals surface area contributed by atoms with E-state index in [2.05, 4.69) is 28.1 Å². The summed E-state index contributed by atoms with van der Waals surface area (Å²) < 4.78 is 5.65. The second kappa shape index (κ2) is 9.87. The van der Waals surface area contributed by atoms with Crippen molar-refractivity contribution < 1.29 is 14.3 Å². The molecule has 0 bridgehead atoms. The van der Waals surface area contributed by atoms with Crippen LogP contribution in [0.1, 0.15) is 11.1 Å². The molecule has 164 valence electrons. The fourth-order valence-corrected chi connectivity index (χ4v) is 3.75. The van der Waals surface area contributed by atoms with E-state index >= 15 is 0 Å². The number of nitrogens with one attached hydrogen (secondary N) is 3. The van der Waals surface area contributed by atoms with Gasteiger partial charge < -0.3 is 25.6 Å². The van der Waals surface area contributed by atoms with Crippen molar-refractivity contribution in [3.63, 3.8) is 0 Å². The van der Waals surface area contributed by atoms with Gasteiger partial charge in [0.05, 0.1) is 5.69 Å². The van der Waals surface area contributed by atoms with Crippen molar-refractivity contribution in [2.24, 2.45) is 0 Å². The SMILES string of the molecule is CN(Cc1ccccc1)c1ccc(NC(=O)Nc2ccc3c(c2)NCC3)cc1OCC=O. The van der Waals surface area contributed by atoms with Gasteiger partial charge in [0.2, 0.25) is 0 Å². The van der Waals surface area contributed by atoms with Crippen LogP contribution in [0.5, 0.6) is 5.75 Å². The van der Waals surface area contributed by atoms with Crippen LogP contribution < -0.4 is 25.6 Å². The zero-order chi connectivity index (χ0) is 22.3. The third-order valence-corrected chi connectivity index (χ3v) is 5.28. The standard InChI is InChI=1S/C25H26N4O3/c1-29(17-18-5-3-2-4-6-18)23-10-9-21(16-24(23)32-14-13-30)28-25(31)27-20-8-7-19-11-12-26-22(19)15-20/h2-10,13,15-16,26H,11-12,14,17H2,1H3,(H2,27,28,31). The normalized spacial score (nSPS) is 11.8. The zero-order valence-corrected chi connectivity index (χ0v) is 17.9. The quantitative estimate of drug-likeness (QED) is 0.458. The number of rotatable bonds is 8. The fraction of sp³-hybridized carbons (Fsp3) is 0.200. The van der Waals surface area contributed by atoms with Gasteiger partial charge in [-0.05, 0) is 41.8 Å². The molecular weight excluding hydrogens is 404 g/mol. The summed E-state index contributed by atoms with van der Waals surface area (Å²) >= 11 is 0. The fourth-order valence-electron chi connectivity index (χ4n) is 3.75. The number of urea groups is 1. The zero-order valence-electron chi connectivity index (χ0n) is 17.9. The number of anilines is 4. The van der Waals surface area contributed by atoms with Gasteiger partial charge in [0.25, 0.3) is 0 Å². The Bertz CT molecular complexity index is 1100. The largest absolute Gasteiger partial charge is 0.484 e. The molecule has 32 heavy (non-hydrogen) atoms. The molecular formula is C25H26N4O3. The minimum atomic E-state index is -0.352. The lowest BCUT2D eigenvalue weighted by molar-refractivity contribution is -0.109. The predicted octanol–water partition coefficient (Wildman–Crippen LogP) is 4.51. The summed E-state index contributed by atoms with van der Waals surface area (Å²) in [4.78, 5) is 25.4. The Morgan fingerprint density at radius 1 is 1.06 bits per heavy atom. The van der Waals surface area contributed by atoms with Crippen molar-refractivity contribution in [3.8, 4) is 5.75 Å². The van der Waals surface area contributed by atoms with E-state index in [0.29, 0.717) is 30.0 Å². The number of amides is 2. The van der Waals surface area contributed by atoms with Gasteiger partial charge in [-0.25, -0.2) is 4.79 Å².